The molecule has 9 aromatic carbocycles. The fourth-order valence-corrected chi connectivity index (χ4v) is 8.82. The first-order valence-corrected chi connectivity index (χ1v) is 20.2. The summed E-state index contributed by atoms with van der Waals surface area (Å²) in [6.45, 7) is 0. The van der Waals surface area contributed by atoms with Crippen molar-refractivity contribution < 1.29 is 12.6 Å². The predicted octanol–water partition coefficient (Wildman–Crippen LogP) is 15.8. The van der Waals surface area contributed by atoms with Crippen LogP contribution in [0.2, 0.25) is 0 Å². The summed E-state index contributed by atoms with van der Waals surface area (Å²) < 4.78 is 62.6. The lowest BCUT2D eigenvalue weighted by Gasteiger charge is -2.14. The second-order valence-corrected chi connectivity index (χ2v) is 15.2. The third-order valence-corrected chi connectivity index (χ3v) is 11.7. The van der Waals surface area contributed by atoms with Crippen molar-refractivity contribution in [3.63, 3.8) is 0 Å². The van der Waals surface area contributed by atoms with Crippen molar-refractivity contribution in [1.29, 1.82) is 0 Å². The minimum Gasteiger partial charge on any atom is -0.455 e. The van der Waals surface area contributed by atoms with E-state index in [1.54, 1.807) is 12.3 Å². The molecule has 0 fully saturated rings. The zero-order valence-corrected chi connectivity index (χ0v) is 32.6. The van der Waals surface area contributed by atoms with E-state index in [0.29, 0.717) is 28.1 Å². The summed E-state index contributed by atoms with van der Waals surface area (Å²) >= 11 is 0. The van der Waals surface area contributed by atoms with Crippen LogP contribution in [-0.2, 0) is 0 Å². The molecule has 3 nitrogen and oxygen atoms in total. The van der Waals surface area contributed by atoms with Crippen LogP contribution in [0.15, 0.2) is 223 Å². The number of pyridine rings is 2. The Morgan fingerprint density at radius 1 is 0.377 bits per heavy atom. The maximum atomic E-state index is 9.63. The monoisotopic (exact) mass is 782 g/mol. The van der Waals surface area contributed by atoms with E-state index in [1.165, 1.54) is 0 Å². The summed E-state index contributed by atoms with van der Waals surface area (Å²) in [4.78, 5) is 9.59. The van der Waals surface area contributed by atoms with Gasteiger partial charge in [0.25, 0.3) is 0 Å². The number of benzene rings is 9. The van der Waals surface area contributed by atoms with Gasteiger partial charge in [0.05, 0.1) is 25.0 Å². The van der Waals surface area contributed by atoms with Gasteiger partial charge in [-0.2, -0.15) is 0 Å². The van der Waals surface area contributed by atoms with Gasteiger partial charge in [0, 0.05) is 44.8 Å². The molecular weight excluding hydrogens is 741 g/mol. The van der Waals surface area contributed by atoms with Crippen molar-refractivity contribution in [2.24, 2.45) is 0 Å². The number of hydrogen-bond acceptors (Lipinski definition) is 3. The maximum absolute atomic E-state index is 9.63. The minimum absolute atomic E-state index is 0.130. The Morgan fingerprint density at radius 2 is 0.951 bits per heavy atom. The smallest absolute Gasteiger partial charge is 0.143 e. The molecule has 0 aliphatic carbocycles. The minimum atomic E-state index is -0.429. The van der Waals surface area contributed by atoms with E-state index in [2.05, 4.69) is 71.7 Å². The Hall–Kier alpha value is -8.14. The average molecular weight is 783 g/mol. The van der Waals surface area contributed by atoms with Crippen LogP contribution in [0.25, 0.3) is 121 Å². The van der Waals surface area contributed by atoms with Gasteiger partial charge in [0.2, 0.25) is 0 Å². The Bertz CT molecular complexity index is 3980. The van der Waals surface area contributed by atoms with Crippen LogP contribution in [0.3, 0.4) is 0 Å². The fraction of sp³-hybridized carbons (Fsp3) is 0. The molecule has 0 aliphatic rings. The van der Waals surface area contributed by atoms with Crippen LogP contribution >= 0.6 is 0 Å². The van der Waals surface area contributed by atoms with Gasteiger partial charge in [-0.1, -0.05) is 194 Å². The van der Waals surface area contributed by atoms with E-state index < -0.39 is 12.1 Å². The second kappa shape index (κ2) is 14.3. The first kappa shape index (κ1) is 29.1. The van der Waals surface area contributed by atoms with Crippen LogP contribution in [0.4, 0.5) is 0 Å². The molecule has 0 saturated heterocycles. The summed E-state index contributed by atoms with van der Waals surface area (Å²) in [7, 11) is 0. The first-order valence-electron chi connectivity index (χ1n) is 23.2. The van der Waals surface area contributed by atoms with E-state index in [9.17, 15) is 5.48 Å². The topological polar surface area (TPSA) is 38.9 Å². The summed E-state index contributed by atoms with van der Waals surface area (Å²) in [5.74, 6) is 1.41. The summed E-state index contributed by atoms with van der Waals surface area (Å²) in [6.07, 6.45) is 1.70. The Labute approximate surface area is 361 Å². The third-order valence-electron chi connectivity index (χ3n) is 11.7. The summed E-state index contributed by atoms with van der Waals surface area (Å²) in [5.41, 5.74) is 7.94. The van der Waals surface area contributed by atoms with E-state index in [4.69, 9.17) is 12.1 Å². The van der Waals surface area contributed by atoms with Crippen molar-refractivity contribution in [1.82, 2.24) is 9.97 Å². The van der Waals surface area contributed by atoms with Gasteiger partial charge in [-0.15, -0.1) is 0 Å². The third kappa shape index (κ3) is 5.82. The highest BCUT2D eigenvalue weighted by Crippen LogP contribution is 2.51. The van der Waals surface area contributed by atoms with Crippen LogP contribution in [0, 0.1) is 0 Å². The quantitative estimate of drug-likeness (QED) is 0.158. The van der Waals surface area contributed by atoms with Gasteiger partial charge in [0.1, 0.15) is 11.5 Å². The lowest BCUT2D eigenvalue weighted by molar-refractivity contribution is 0.599. The van der Waals surface area contributed by atoms with Gasteiger partial charge in [-0.25, -0.2) is 4.98 Å². The van der Waals surface area contributed by atoms with Crippen LogP contribution < -0.4 is 0 Å². The molecule has 0 aliphatic heterocycles. The molecule has 284 valence electrons. The largest absolute Gasteiger partial charge is 0.455 e. The fourth-order valence-electron chi connectivity index (χ4n) is 8.82. The molecule has 61 heavy (non-hydrogen) atoms. The second-order valence-electron chi connectivity index (χ2n) is 15.2. The highest BCUT2D eigenvalue weighted by molar-refractivity contribution is 6.16. The zero-order valence-electron chi connectivity index (χ0n) is 38.6. The van der Waals surface area contributed by atoms with Crippen LogP contribution in [0.5, 0.6) is 0 Å². The molecular formula is C58H36N2O. The highest BCUT2D eigenvalue weighted by atomic mass is 16.3. The Balaban J connectivity index is 1.10. The molecule has 3 aromatic heterocycles. The number of hydrogen-bond donors (Lipinski definition) is 0. The van der Waals surface area contributed by atoms with Crippen molar-refractivity contribution in [3.8, 4) is 67.3 Å². The van der Waals surface area contributed by atoms with E-state index in [-0.39, 0.29) is 46.1 Å². The first-order chi connectivity index (χ1) is 32.8. The molecule has 12 aromatic rings. The number of furan rings is 1. The zero-order chi connectivity index (χ0) is 45.5. The normalized spacial score (nSPS) is 13.0. The standard InChI is InChI=1S/C58H36N2O/c1-3-14-38(15-4-1)54-53(57(42-16-5-2-6-17-42)61-58(54)51-36-43-18-7-8-20-44(43)46-21-10-12-24-49(46)51)39-27-25-37(26-28-39)45-32-33-50(48-23-11-9-22-47(45)48)52-34-31-41-30-29-40-19-13-35-59-55(40)56(41)60-52/h1-36H/i9D,11D,22D,23D,32D,33D. The van der Waals surface area contributed by atoms with Gasteiger partial charge in [-0.05, 0) is 72.8 Å². The molecule has 0 radical (unpaired) electrons. The summed E-state index contributed by atoms with van der Waals surface area (Å²) in [5, 5.41) is 6.43. The maximum Gasteiger partial charge on any atom is 0.143 e. The van der Waals surface area contributed by atoms with Gasteiger partial charge >= 0.3 is 0 Å². The molecule has 0 bridgehead atoms. The van der Waals surface area contributed by atoms with Crippen LogP contribution in [-0.4, -0.2) is 9.97 Å². The Kier molecular flexibility index (Phi) is 6.83. The number of rotatable bonds is 6. The van der Waals surface area contributed by atoms with E-state index >= 15 is 0 Å². The lowest BCUT2D eigenvalue weighted by atomic mass is 9.88. The van der Waals surface area contributed by atoms with Crippen molar-refractivity contribution in [2.75, 3.05) is 0 Å². The number of nitrogens with zero attached hydrogens (tertiary/aromatic N) is 2. The molecule has 0 amide bonds. The predicted molar refractivity (Wildman–Crippen MR) is 254 cm³/mol. The van der Waals surface area contributed by atoms with E-state index in [0.717, 1.165) is 71.5 Å². The van der Waals surface area contributed by atoms with E-state index in [1.807, 2.05) is 103 Å². The number of fused-ring (bicyclic) bond motifs is 7. The average Bonchev–Trinajstić information content (AvgIpc) is 3.78. The highest BCUT2D eigenvalue weighted by Gasteiger charge is 2.27. The summed E-state index contributed by atoms with van der Waals surface area (Å²) in [6, 6.07) is 56.5. The molecule has 3 heterocycles. The van der Waals surface area contributed by atoms with Gasteiger partial charge < -0.3 is 4.42 Å². The van der Waals surface area contributed by atoms with Crippen molar-refractivity contribution in [2.45, 2.75) is 0 Å². The van der Waals surface area contributed by atoms with Gasteiger partial charge in [0.15, 0.2) is 0 Å². The molecule has 12 rings (SSSR count). The van der Waals surface area contributed by atoms with Crippen molar-refractivity contribution >= 4 is 54.1 Å². The van der Waals surface area contributed by atoms with Crippen molar-refractivity contribution in [3.05, 3.63) is 218 Å². The lowest BCUT2D eigenvalue weighted by Crippen LogP contribution is -1.91. The SMILES string of the molecule is [2H]c1c([2H])c([2H])c2c(-c3ccc4ccc5cccnc5c4n3)c([2H])c([2H])c(-c3ccc(-c4c(-c5ccccc5)oc(-c5cc6ccccc6c6ccccc56)c4-c4ccccc4)cc3)c2c1[2H]. The van der Waals surface area contributed by atoms with Crippen LogP contribution in [0.1, 0.15) is 8.22 Å². The molecule has 0 unspecified atom stereocenters. The molecule has 0 saturated carbocycles. The van der Waals surface area contributed by atoms with Gasteiger partial charge in [-0.3, -0.25) is 4.98 Å². The molecule has 0 spiro atoms. The molecule has 0 atom stereocenters. The molecule has 0 N–H and O–H groups in total. The molecule has 3 heteroatoms. The Morgan fingerprint density at radius 3 is 1.74 bits per heavy atom. The number of aromatic nitrogens is 2.